The van der Waals surface area contributed by atoms with E-state index in [0.717, 1.165) is 25.0 Å². The molecule has 1 aliphatic heterocycles. The topological polar surface area (TPSA) is 44.8 Å². The van der Waals surface area contributed by atoms with E-state index in [-0.39, 0.29) is 42.1 Å². The molecule has 0 aromatic heterocycles. The van der Waals surface area contributed by atoms with Crippen molar-refractivity contribution in [3.8, 4) is 5.75 Å². The Hall–Kier alpha value is -1.95. The van der Waals surface area contributed by atoms with Gasteiger partial charge in [-0.3, -0.25) is 4.79 Å². The lowest BCUT2D eigenvalue weighted by Crippen LogP contribution is -2.45. The van der Waals surface area contributed by atoms with Gasteiger partial charge in [-0.15, -0.1) is 0 Å². The van der Waals surface area contributed by atoms with Crippen molar-refractivity contribution >= 4 is 5.78 Å². The van der Waals surface area contributed by atoms with Crippen molar-refractivity contribution < 1.29 is 27.8 Å². The summed E-state index contributed by atoms with van der Waals surface area (Å²) >= 11 is 0. The molecule has 1 aromatic carbocycles. The Labute approximate surface area is 152 Å². The van der Waals surface area contributed by atoms with E-state index in [2.05, 4.69) is 0 Å². The second-order valence-electron chi connectivity index (χ2n) is 7.08. The van der Waals surface area contributed by atoms with Gasteiger partial charge in [0.2, 0.25) is 0 Å². The second kappa shape index (κ2) is 7.35. The average molecular weight is 366 g/mol. The van der Waals surface area contributed by atoms with Crippen LogP contribution in [0.4, 0.5) is 8.78 Å². The molecule has 3 unspecified atom stereocenters. The standard InChI is InChI=1S/C20H24F2O4/c1-4-5-13-10-20(19(9-17(13)23)25-11-26-20)12(2)6-14-7-16(22)18(24-3)8-15(14)21/h7-9,12-13H,4-6,10-11H2,1-3H3. The number of rotatable bonds is 6. The van der Waals surface area contributed by atoms with Gasteiger partial charge in [-0.05, 0) is 36.8 Å². The molecule has 1 saturated heterocycles. The zero-order valence-electron chi connectivity index (χ0n) is 15.3. The van der Waals surface area contributed by atoms with Crippen LogP contribution in [0, 0.1) is 23.5 Å². The molecule has 1 aromatic rings. The molecule has 4 nitrogen and oxygen atoms in total. The van der Waals surface area contributed by atoms with Crippen molar-refractivity contribution in [2.75, 3.05) is 13.9 Å². The number of hydrogen-bond acceptors (Lipinski definition) is 4. The van der Waals surface area contributed by atoms with Gasteiger partial charge in [0.25, 0.3) is 0 Å². The first-order valence-corrected chi connectivity index (χ1v) is 8.96. The lowest BCUT2D eigenvalue weighted by molar-refractivity contribution is -0.123. The number of carbonyl (C=O) groups excluding carboxylic acids is 1. The molecule has 0 saturated carbocycles. The van der Waals surface area contributed by atoms with Crippen LogP contribution in [-0.4, -0.2) is 25.3 Å². The summed E-state index contributed by atoms with van der Waals surface area (Å²) in [6.45, 7) is 4.02. The van der Waals surface area contributed by atoms with E-state index >= 15 is 0 Å². The molecule has 3 rings (SSSR count). The molecule has 0 radical (unpaired) electrons. The Morgan fingerprint density at radius 1 is 1.35 bits per heavy atom. The number of benzene rings is 1. The monoisotopic (exact) mass is 366 g/mol. The number of allylic oxidation sites excluding steroid dienone is 1. The third-order valence-electron chi connectivity index (χ3n) is 5.45. The first-order chi connectivity index (χ1) is 12.4. The van der Waals surface area contributed by atoms with E-state index < -0.39 is 17.2 Å². The maximum Gasteiger partial charge on any atom is 0.189 e. The van der Waals surface area contributed by atoms with Crippen LogP contribution in [0.15, 0.2) is 24.0 Å². The van der Waals surface area contributed by atoms with Crippen LogP contribution >= 0.6 is 0 Å². The highest BCUT2D eigenvalue weighted by atomic mass is 19.1. The van der Waals surface area contributed by atoms with Crippen molar-refractivity contribution in [2.45, 2.75) is 45.1 Å². The van der Waals surface area contributed by atoms with Gasteiger partial charge < -0.3 is 14.2 Å². The van der Waals surface area contributed by atoms with Crippen LogP contribution < -0.4 is 4.74 Å². The largest absolute Gasteiger partial charge is 0.494 e. The first-order valence-electron chi connectivity index (χ1n) is 8.96. The Kier molecular flexibility index (Phi) is 5.32. The lowest BCUT2D eigenvalue weighted by Gasteiger charge is -2.38. The van der Waals surface area contributed by atoms with E-state index in [1.165, 1.54) is 13.2 Å². The number of methoxy groups -OCH3 is 1. The highest BCUT2D eigenvalue weighted by Gasteiger charge is 2.51. The van der Waals surface area contributed by atoms with Gasteiger partial charge >= 0.3 is 0 Å². The minimum atomic E-state index is -0.767. The van der Waals surface area contributed by atoms with E-state index in [4.69, 9.17) is 14.2 Å². The van der Waals surface area contributed by atoms with Crippen LogP contribution in [-0.2, 0) is 20.7 Å². The second-order valence-corrected chi connectivity index (χ2v) is 7.08. The maximum absolute atomic E-state index is 14.4. The van der Waals surface area contributed by atoms with Crippen LogP contribution in [0.3, 0.4) is 0 Å². The summed E-state index contributed by atoms with van der Waals surface area (Å²) in [5.41, 5.74) is -0.514. The van der Waals surface area contributed by atoms with Gasteiger partial charge in [-0.1, -0.05) is 20.3 Å². The Bertz CT molecular complexity index is 731. The smallest absolute Gasteiger partial charge is 0.189 e. The summed E-state index contributed by atoms with van der Waals surface area (Å²) in [5, 5.41) is 0. The zero-order valence-corrected chi connectivity index (χ0v) is 15.3. The molecule has 0 spiro atoms. The molecule has 1 heterocycles. The summed E-state index contributed by atoms with van der Waals surface area (Å²) in [6.07, 6.45) is 3.96. The molecule has 1 aliphatic carbocycles. The Morgan fingerprint density at radius 2 is 2.12 bits per heavy atom. The van der Waals surface area contributed by atoms with E-state index in [1.807, 2.05) is 13.8 Å². The Morgan fingerprint density at radius 3 is 2.81 bits per heavy atom. The maximum atomic E-state index is 14.4. The predicted octanol–water partition coefficient (Wildman–Crippen LogP) is 4.17. The fraction of sp³-hybridized carbons (Fsp3) is 0.550. The molecule has 0 bridgehead atoms. The molecule has 0 N–H and O–H groups in total. The summed E-state index contributed by atoms with van der Waals surface area (Å²) < 4.78 is 44.6. The molecule has 0 amide bonds. The fourth-order valence-corrected chi connectivity index (χ4v) is 3.98. The van der Waals surface area contributed by atoms with Crippen molar-refractivity contribution in [3.05, 3.63) is 41.2 Å². The summed E-state index contributed by atoms with van der Waals surface area (Å²) in [6, 6.07) is 2.22. The normalized spacial score (nSPS) is 26.1. The predicted molar refractivity (Wildman–Crippen MR) is 91.7 cm³/mol. The highest BCUT2D eigenvalue weighted by molar-refractivity contribution is 5.93. The summed E-state index contributed by atoms with van der Waals surface area (Å²) in [7, 11) is 1.30. The van der Waals surface area contributed by atoms with Gasteiger partial charge in [-0.25, -0.2) is 8.78 Å². The molecule has 1 fully saturated rings. The van der Waals surface area contributed by atoms with E-state index in [9.17, 15) is 13.6 Å². The van der Waals surface area contributed by atoms with Gasteiger partial charge in [0.1, 0.15) is 17.2 Å². The lowest BCUT2D eigenvalue weighted by atomic mass is 9.71. The number of ketones is 1. The SMILES string of the molecule is CCCC1CC2(C(C)Cc3cc(F)c(OC)cc3F)OCOC2=CC1=O. The molecular weight excluding hydrogens is 342 g/mol. The third kappa shape index (κ3) is 3.22. The van der Waals surface area contributed by atoms with Crippen LogP contribution in [0.1, 0.15) is 38.7 Å². The Balaban J connectivity index is 1.88. The number of halogens is 2. The molecule has 142 valence electrons. The quantitative estimate of drug-likeness (QED) is 0.758. The van der Waals surface area contributed by atoms with Gasteiger partial charge in [0.15, 0.2) is 24.1 Å². The van der Waals surface area contributed by atoms with Crippen LogP contribution in [0.5, 0.6) is 5.75 Å². The van der Waals surface area contributed by atoms with Crippen molar-refractivity contribution in [1.29, 1.82) is 0 Å². The number of hydrogen-bond donors (Lipinski definition) is 0. The zero-order chi connectivity index (χ0) is 18.9. The fourth-order valence-electron chi connectivity index (χ4n) is 3.98. The number of fused-ring (bicyclic) bond motifs is 1. The molecule has 26 heavy (non-hydrogen) atoms. The molecular formula is C20H24F2O4. The van der Waals surface area contributed by atoms with E-state index in [1.54, 1.807) is 0 Å². The highest BCUT2D eigenvalue weighted by Crippen LogP contribution is 2.46. The van der Waals surface area contributed by atoms with Crippen LogP contribution in [0.2, 0.25) is 0 Å². The first kappa shape index (κ1) is 18.8. The molecule has 3 atom stereocenters. The number of ether oxygens (including phenoxy) is 3. The minimum absolute atomic E-state index is 0.0526. The average Bonchev–Trinajstić information content (AvgIpc) is 3.02. The van der Waals surface area contributed by atoms with E-state index in [0.29, 0.717) is 12.2 Å². The summed E-state index contributed by atoms with van der Waals surface area (Å²) in [4.78, 5) is 12.3. The van der Waals surface area contributed by atoms with Crippen molar-refractivity contribution in [3.63, 3.8) is 0 Å². The van der Waals surface area contributed by atoms with Crippen molar-refractivity contribution in [1.82, 2.24) is 0 Å². The van der Waals surface area contributed by atoms with Gasteiger partial charge in [0.05, 0.1) is 7.11 Å². The molecule has 6 heteroatoms. The van der Waals surface area contributed by atoms with Gasteiger partial charge in [0, 0.05) is 18.1 Å². The minimum Gasteiger partial charge on any atom is -0.494 e. The summed E-state index contributed by atoms with van der Waals surface area (Å²) in [5.74, 6) is -1.00. The molecule has 2 aliphatic rings. The number of carbonyl (C=O) groups is 1. The van der Waals surface area contributed by atoms with Crippen molar-refractivity contribution in [2.24, 2.45) is 11.8 Å². The third-order valence-corrected chi connectivity index (χ3v) is 5.45. The van der Waals surface area contributed by atoms with Gasteiger partial charge in [-0.2, -0.15) is 0 Å². The van der Waals surface area contributed by atoms with Crippen LogP contribution in [0.25, 0.3) is 0 Å².